The molecule has 2 rings (SSSR count). The van der Waals surface area contributed by atoms with Gasteiger partial charge in [-0.3, -0.25) is 10.1 Å². The number of hydrogen-bond donors (Lipinski definition) is 1. The molecule has 0 saturated heterocycles. The third kappa shape index (κ3) is 2.99. The molecule has 0 aliphatic rings. The van der Waals surface area contributed by atoms with Crippen molar-refractivity contribution in [3.8, 4) is 0 Å². The van der Waals surface area contributed by atoms with Gasteiger partial charge in [0.1, 0.15) is 6.33 Å². The summed E-state index contributed by atoms with van der Waals surface area (Å²) in [7, 11) is 0. The molecule has 6 nitrogen and oxygen atoms in total. The van der Waals surface area contributed by atoms with Gasteiger partial charge in [-0.15, -0.1) is 11.3 Å². The maximum Gasteiger partial charge on any atom is 0.348 e. The Morgan fingerprint density at radius 2 is 2.32 bits per heavy atom. The van der Waals surface area contributed by atoms with Crippen molar-refractivity contribution in [3.05, 3.63) is 43.5 Å². The van der Waals surface area contributed by atoms with E-state index in [1.165, 1.54) is 11.9 Å². The molecule has 2 aromatic heterocycles. The summed E-state index contributed by atoms with van der Waals surface area (Å²) in [6.45, 7) is 2.55. The number of hydrogen-bond acceptors (Lipinski definition) is 6. The standard InChI is InChI=1S/C11H11ClN4O2S/c1-2-7-3-4-19-8(7)5-13-11-9(16(17)18)10(12)14-6-15-11/h3-4,6H,2,5H2,1H3,(H,13,14,15). The van der Waals surface area contributed by atoms with Crippen LogP contribution in [-0.4, -0.2) is 14.9 Å². The Balaban J connectivity index is 2.20. The van der Waals surface area contributed by atoms with Gasteiger partial charge in [0, 0.05) is 4.88 Å². The average Bonchev–Trinajstić information content (AvgIpc) is 2.83. The molecule has 1 N–H and O–H groups in total. The van der Waals surface area contributed by atoms with E-state index in [0.29, 0.717) is 6.54 Å². The van der Waals surface area contributed by atoms with Crippen LogP contribution in [0.2, 0.25) is 5.15 Å². The van der Waals surface area contributed by atoms with Crippen LogP contribution < -0.4 is 5.32 Å². The highest BCUT2D eigenvalue weighted by Crippen LogP contribution is 2.29. The van der Waals surface area contributed by atoms with Crippen LogP contribution in [-0.2, 0) is 13.0 Å². The Morgan fingerprint density at radius 3 is 3.00 bits per heavy atom. The van der Waals surface area contributed by atoms with Gasteiger partial charge in [0.05, 0.1) is 11.5 Å². The number of aryl methyl sites for hydroxylation is 1. The first-order chi connectivity index (χ1) is 9.13. The van der Waals surface area contributed by atoms with Gasteiger partial charge in [-0.2, -0.15) is 0 Å². The average molecular weight is 299 g/mol. The van der Waals surface area contributed by atoms with Gasteiger partial charge in [0.2, 0.25) is 11.0 Å². The normalized spacial score (nSPS) is 10.4. The molecule has 0 unspecified atom stereocenters. The van der Waals surface area contributed by atoms with Gasteiger partial charge in [-0.25, -0.2) is 9.97 Å². The van der Waals surface area contributed by atoms with E-state index in [0.717, 1.165) is 11.3 Å². The summed E-state index contributed by atoms with van der Waals surface area (Å²) < 4.78 is 0. The molecular weight excluding hydrogens is 288 g/mol. The zero-order valence-corrected chi connectivity index (χ0v) is 11.7. The van der Waals surface area contributed by atoms with E-state index < -0.39 is 4.92 Å². The first kappa shape index (κ1) is 13.7. The highest BCUT2D eigenvalue weighted by molar-refractivity contribution is 7.10. The molecule has 0 aliphatic carbocycles. The summed E-state index contributed by atoms with van der Waals surface area (Å²) in [4.78, 5) is 19.0. The molecule has 0 atom stereocenters. The molecule has 0 saturated carbocycles. The highest BCUT2D eigenvalue weighted by atomic mass is 35.5. The van der Waals surface area contributed by atoms with E-state index in [-0.39, 0.29) is 16.7 Å². The summed E-state index contributed by atoms with van der Waals surface area (Å²) in [5.74, 6) is 0.139. The van der Waals surface area contributed by atoms with Crippen molar-refractivity contribution in [1.29, 1.82) is 0 Å². The molecule has 0 fully saturated rings. The predicted octanol–water partition coefficient (Wildman–Crippen LogP) is 3.27. The maximum absolute atomic E-state index is 10.9. The third-order valence-corrected chi connectivity index (χ3v) is 3.83. The minimum absolute atomic E-state index is 0.139. The predicted molar refractivity (Wildman–Crippen MR) is 74.7 cm³/mol. The van der Waals surface area contributed by atoms with Crippen molar-refractivity contribution in [2.45, 2.75) is 19.9 Å². The van der Waals surface area contributed by atoms with Crippen molar-refractivity contribution >= 4 is 34.4 Å². The zero-order chi connectivity index (χ0) is 13.8. The van der Waals surface area contributed by atoms with Crippen LogP contribution in [0.3, 0.4) is 0 Å². The number of halogens is 1. The van der Waals surface area contributed by atoms with Crippen LogP contribution >= 0.6 is 22.9 Å². The van der Waals surface area contributed by atoms with Crippen molar-refractivity contribution < 1.29 is 4.92 Å². The number of anilines is 1. The van der Waals surface area contributed by atoms with Gasteiger partial charge in [0.25, 0.3) is 0 Å². The van der Waals surface area contributed by atoms with Gasteiger partial charge in [0.15, 0.2) is 0 Å². The van der Waals surface area contributed by atoms with Gasteiger partial charge >= 0.3 is 5.69 Å². The van der Waals surface area contributed by atoms with Gasteiger partial charge in [-0.1, -0.05) is 18.5 Å². The summed E-state index contributed by atoms with van der Waals surface area (Å²) in [6.07, 6.45) is 2.12. The van der Waals surface area contributed by atoms with Crippen LogP contribution in [0.25, 0.3) is 0 Å². The summed E-state index contributed by atoms with van der Waals surface area (Å²) >= 11 is 7.32. The van der Waals surface area contributed by atoms with Crippen molar-refractivity contribution in [2.24, 2.45) is 0 Å². The fraction of sp³-hybridized carbons (Fsp3) is 0.273. The van der Waals surface area contributed by atoms with E-state index in [2.05, 4.69) is 22.2 Å². The molecule has 0 aliphatic heterocycles. The van der Waals surface area contributed by atoms with E-state index in [4.69, 9.17) is 11.6 Å². The first-order valence-corrected chi connectivity index (χ1v) is 6.83. The fourth-order valence-electron chi connectivity index (χ4n) is 1.65. The summed E-state index contributed by atoms with van der Waals surface area (Å²) in [5.41, 5.74) is 0.930. The second-order valence-corrected chi connectivity index (χ2v) is 5.05. The number of nitro groups is 1. The molecule has 0 aromatic carbocycles. The molecule has 19 heavy (non-hydrogen) atoms. The molecule has 0 bridgehead atoms. The van der Waals surface area contributed by atoms with Crippen molar-refractivity contribution in [2.75, 3.05) is 5.32 Å². The second kappa shape index (κ2) is 5.94. The largest absolute Gasteiger partial charge is 0.359 e. The topological polar surface area (TPSA) is 81.0 Å². The van der Waals surface area contributed by atoms with Gasteiger partial charge in [-0.05, 0) is 23.4 Å². The second-order valence-electron chi connectivity index (χ2n) is 3.69. The molecule has 8 heteroatoms. The summed E-state index contributed by atoms with van der Waals surface area (Å²) in [6, 6.07) is 2.04. The quantitative estimate of drug-likeness (QED) is 0.520. The van der Waals surface area contributed by atoms with Crippen molar-refractivity contribution in [3.63, 3.8) is 0 Å². The molecule has 2 heterocycles. The molecule has 0 amide bonds. The van der Waals surface area contributed by atoms with E-state index in [9.17, 15) is 10.1 Å². The number of aromatic nitrogens is 2. The van der Waals surface area contributed by atoms with Crippen molar-refractivity contribution in [1.82, 2.24) is 9.97 Å². The SMILES string of the molecule is CCc1ccsc1CNc1ncnc(Cl)c1[N+](=O)[O-]. The molecule has 100 valence electrons. The van der Waals surface area contributed by atoms with Gasteiger partial charge < -0.3 is 5.32 Å². The highest BCUT2D eigenvalue weighted by Gasteiger charge is 2.21. The summed E-state index contributed by atoms with van der Waals surface area (Å²) in [5, 5.41) is 15.7. The van der Waals surface area contributed by atoms with Crippen LogP contribution in [0, 0.1) is 10.1 Å². The molecule has 2 aromatic rings. The van der Waals surface area contributed by atoms with Crippen LogP contribution in [0.15, 0.2) is 17.8 Å². The van der Waals surface area contributed by atoms with E-state index in [1.54, 1.807) is 11.3 Å². The Bertz CT molecular complexity index is 602. The minimum atomic E-state index is -0.584. The lowest BCUT2D eigenvalue weighted by Gasteiger charge is -2.06. The maximum atomic E-state index is 10.9. The minimum Gasteiger partial charge on any atom is -0.359 e. The Labute approximate surface area is 118 Å². The fourth-order valence-corrected chi connectivity index (χ4v) is 2.77. The lowest BCUT2D eigenvalue weighted by Crippen LogP contribution is -2.06. The molecule has 0 spiro atoms. The number of thiophene rings is 1. The number of nitrogens with zero attached hydrogens (tertiary/aromatic N) is 3. The van der Waals surface area contributed by atoms with E-state index >= 15 is 0 Å². The molecular formula is C11H11ClN4O2S. The lowest BCUT2D eigenvalue weighted by molar-refractivity contribution is -0.384. The lowest BCUT2D eigenvalue weighted by atomic mass is 10.2. The smallest absolute Gasteiger partial charge is 0.348 e. The Kier molecular flexibility index (Phi) is 4.28. The Hall–Kier alpha value is -1.73. The zero-order valence-electron chi connectivity index (χ0n) is 10.1. The monoisotopic (exact) mass is 298 g/mol. The third-order valence-electron chi connectivity index (χ3n) is 2.60. The number of rotatable bonds is 5. The number of nitrogens with one attached hydrogen (secondary N) is 1. The molecule has 0 radical (unpaired) electrons. The van der Waals surface area contributed by atoms with Crippen LogP contribution in [0.1, 0.15) is 17.4 Å². The Morgan fingerprint density at radius 1 is 1.53 bits per heavy atom. The van der Waals surface area contributed by atoms with E-state index in [1.807, 2.05) is 11.4 Å². The van der Waals surface area contributed by atoms with Crippen LogP contribution in [0.5, 0.6) is 0 Å². The van der Waals surface area contributed by atoms with Crippen LogP contribution in [0.4, 0.5) is 11.5 Å². The first-order valence-electron chi connectivity index (χ1n) is 5.57.